The Kier molecular flexibility index (Phi) is 4.62. The van der Waals surface area contributed by atoms with Gasteiger partial charge in [-0.05, 0) is 47.4 Å². The van der Waals surface area contributed by atoms with Gasteiger partial charge in [0.05, 0.1) is 28.6 Å². The Labute approximate surface area is 171 Å². The Morgan fingerprint density at radius 2 is 1.87 bits per heavy atom. The second-order valence-corrected chi connectivity index (χ2v) is 7.35. The number of anilines is 2. The fourth-order valence-electron chi connectivity index (χ4n) is 3.87. The van der Waals surface area contributed by atoms with Crippen molar-refractivity contribution in [2.45, 2.75) is 25.8 Å². The highest BCUT2D eigenvalue weighted by atomic mass is 16.6. The largest absolute Gasteiger partial charge is 0.370 e. The fraction of sp³-hybridized carbons (Fsp3) is 0.286. The molecule has 9 nitrogen and oxygen atoms in total. The van der Waals surface area contributed by atoms with E-state index in [1.807, 2.05) is 18.2 Å². The maximum Gasteiger partial charge on any atom is 0.261 e. The number of carbonyl (C=O) groups is 1. The van der Waals surface area contributed by atoms with Crippen LogP contribution in [0.15, 0.2) is 52.1 Å². The van der Waals surface area contributed by atoms with Gasteiger partial charge < -0.3 is 10.2 Å². The lowest BCUT2D eigenvalue weighted by molar-refractivity contribution is -0.116. The van der Waals surface area contributed by atoms with Gasteiger partial charge in [0.15, 0.2) is 11.0 Å². The summed E-state index contributed by atoms with van der Waals surface area (Å²) in [4.78, 5) is 31.6. The standard InChI is InChI=1S/C21H20N6O3/c28-18(9-12-27-13-22-15-6-2-1-5-14(15)21(27)29)23-16-7-8-17(26-10-3-4-11-26)20-19(16)24-30-25-20/h1-2,5-8,13H,3-4,9-12H2,(H,23,28). The molecule has 0 bridgehead atoms. The summed E-state index contributed by atoms with van der Waals surface area (Å²) in [5.41, 5.74) is 3.16. The van der Waals surface area contributed by atoms with E-state index in [1.165, 1.54) is 10.9 Å². The number of fused-ring (bicyclic) bond motifs is 2. The molecule has 0 saturated carbocycles. The van der Waals surface area contributed by atoms with Crippen LogP contribution in [0.5, 0.6) is 0 Å². The molecule has 2 aromatic carbocycles. The number of aromatic nitrogens is 4. The van der Waals surface area contributed by atoms with Crippen molar-refractivity contribution >= 4 is 39.2 Å². The van der Waals surface area contributed by atoms with E-state index >= 15 is 0 Å². The highest BCUT2D eigenvalue weighted by Crippen LogP contribution is 2.31. The van der Waals surface area contributed by atoms with E-state index in [1.54, 1.807) is 18.2 Å². The van der Waals surface area contributed by atoms with Crippen molar-refractivity contribution < 1.29 is 9.42 Å². The van der Waals surface area contributed by atoms with E-state index in [0.29, 0.717) is 27.6 Å². The zero-order chi connectivity index (χ0) is 20.5. The van der Waals surface area contributed by atoms with Gasteiger partial charge in [-0.15, -0.1) is 0 Å². The number of nitrogens with zero attached hydrogens (tertiary/aromatic N) is 5. The third kappa shape index (κ3) is 3.28. The van der Waals surface area contributed by atoms with Crippen molar-refractivity contribution in [3.63, 3.8) is 0 Å². The molecule has 9 heteroatoms. The van der Waals surface area contributed by atoms with Crippen LogP contribution in [0.25, 0.3) is 21.9 Å². The fourth-order valence-corrected chi connectivity index (χ4v) is 3.87. The first-order valence-corrected chi connectivity index (χ1v) is 9.95. The first-order chi connectivity index (χ1) is 14.7. The van der Waals surface area contributed by atoms with Crippen molar-refractivity contribution in [2.24, 2.45) is 0 Å². The molecule has 4 aromatic rings. The zero-order valence-corrected chi connectivity index (χ0v) is 16.2. The van der Waals surface area contributed by atoms with E-state index < -0.39 is 0 Å². The lowest BCUT2D eigenvalue weighted by Crippen LogP contribution is -2.23. The normalized spacial score (nSPS) is 13.9. The lowest BCUT2D eigenvalue weighted by atomic mass is 10.2. The maximum atomic E-state index is 12.6. The first kappa shape index (κ1) is 18.3. The number of rotatable bonds is 5. The number of hydrogen-bond donors (Lipinski definition) is 1. The van der Waals surface area contributed by atoms with E-state index in [-0.39, 0.29) is 24.4 Å². The van der Waals surface area contributed by atoms with Crippen LogP contribution in [0.1, 0.15) is 19.3 Å². The van der Waals surface area contributed by atoms with Crippen molar-refractivity contribution in [1.82, 2.24) is 19.9 Å². The van der Waals surface area contributed by atoms with Crippen molar-refractivity contribution in [3.8, 4) is 0 Å². The van der Waals surface area contributed by atoms with Crippen LogP contribution in [-0.4, -0.2) is 38.9 Å². The Balaban J connectivity index is 1.32. The molecule has 5 rings (SSSR count). The number of para-hydroxylation sites is 1. The van der Waals surface area contributed by atoms with Crippen LogP contribution in [0.2, 0.25) is 0 Å². The molecule has 1 saturated heterocycles. The minimum absolute atomic E-state index is 0.126. The van der Waals surface area contributed by atoms with Crippen LogP contribution >= 0.6 is 0 Å². The number of hydrogen-bond acceptors (Lipinski definition) is 7. The molecule has 1 amide bonds. The van der Waals surface area contributed by atoms with Gasteiger partial charge >= 0.3 is 0 Å². The number of nitrogens with one attached hydrogen (secondary N) is 1. The topological polar surface area (TPSA) is 106 Å². The van der Waals surface area contributed by atoms with Gasteiger partial charge in [-0.25, -0.2) is 9.61 Å². The molecule has 0 spiro atoms. The molecule has 3 heterocycles. The highest BCUT2D eigenvalue weighted by Gasteiger charge is 2.20. The van der Waals surface area contributed by atoms with Gasteiger partial charge in [-0.1, -0.05) is 12.1 Å². The van der Waals surface area contributed by atoms with E-state index in [9.17, 15) is 9.59 Å². The minimum atomic E-state index is -0.228. The van der Waals surface area contributed by atoms with Crippen LogP contribution in [0.3, 0.4) is 0 Å². The second-order valence-electron chi connectivity index (χ2n) is 7.35. The van der Waals surface area contributed by atoms with E-state index in [2.05, 4.69) is 25.5 Å². The van der Waals surface area contributed by atoms with Gasteiger partial charge in [0.1, 0.15) is 0 Å². The zero-order valence-electron chi connectivity index (χ0n) is 16.2. The third-order valence-corrected chi connectivity index (χ3v) is 5.43. The van der Waals surface area contributed by atoms with E-state index in [4.69, 9.17) is 4.63 Å². The summed E-state index contributed by atoms with van der Waals surface area (Å²) in [7, 11) is 0. The quantitative estimate of drug-likeness (QED) is 0.545. The van der Waals surface area contributed by atoms with Gasteiger partial charge in [0.25, 0.3) is 5.56 Å². The number of amides is 1. The van der Waals surface area contributed by atoms with E-state index in [0.717, 1.165) is 31.6 Å². The van der Waals surface area contributed by atoms with Gasteiger partial charge in [-0.3, -0.25) is 14.2 Å². The molecular weight excluding hydrogens is 384 g/mol. The number of carbonyl (C=O) groups excluding carboxylic acids is 1. The van der Waals surface area contributed by atoms with Crippen LogP contribution < -0.4 is 15.8 Å². The monoisotopic (exact) mass is 404 g/mol. The summed E-state index contributed by atoms with van der Waals surface area (Å²) < 4.78 is 6.39. The summed E-state index contributed by atoms with van der Waals surface area (Å²) in [5.74, 6) is -0.228. The number of benzene rings is 2. The Morgan fingerprint density at radius 1 is 1.07 bits per heavy atom. The Hall–Kier alpha value is -3.75. The summed E-state index contributed by atoms with van der Waals surface area (Å²) >= 11 is 0. The summed E-state index contributed by atoms with van der Waals surface area (Å²) in [6.07, 6.45) is 3.89. The predicted molar refractivity (Wildman–Crippen MR) is 113 cm³/mol. The first-order valence-electron chi connectivity index (χ1n) is 9.95. The Morgan fingerprint density at radius 3 is 2.73 bits per heavy atom. The summed E-state index contributed by atoms with van der Waals surface area (Å²) in [5, 5.41) is 11.4. The average Bonchev–Trinajstić information content (AvgIpc) is 3.46. The molecule has 1 aliphatic heterocycles. The van der Waals surface area contributed by atoms with Crippen LogP contribution in [-0.2, 0) is 11.3 Å². The number of aryl methyl sites for hydroxylation is 1. The van der Waals surface area contributed by atoms with Crippen molar-refractivity contribution in [1.29, 1.82) is 0 Å². The van der Waals surface area contributed by atoms with Crippen LogP contribution in [0, 0.1) is 0 Å². The third-order valence-electron chi connectivity index (χ3n) is 5.43. The molecule has 2 aromatic heterocycles. The molecule has 1 aliphatic rings. The van der Waals surface area contributed by atoms with Crippen LogP contribution in [0.4, 0.5) is 11.4 Å². The molecule has 1 fully saturated rings. The maximum absolute atomic E-state index is 12.6. The second kappa shape index (κ2) is 7.58. The van der Waals surface area contributed by atoms with Gasteiger partial charge in [0, 0.05) is 26.1 Å². The predicted octanol–water partition coefficient (Wildman–Crippen LogP) is 2.56. The molecule has 0 unspecified atom stereocenters. The summed E-state index contributed by atoms with van der Waals surface area (Å²) in [6.45, 7) is 2.18. The van der Waals surface area contributed by atoms with Gasteiger partial charge in [-0.2, -0.15) is 0 Å². The van der Waals surface area contributed by atoms with Gasteiger partial charge in [0.2, 0.25) is 5.91 Å². The highest BCUT2D eigenvalue weighted by molar-refractivity contribution is 6.02. The molecule has 152 valence electrons. The molecule has 0 radical (unpaired) electrons. The smallest absolute Gasteiger partial charge is 0.261 e. The average molecular weight is 404 g/mol. The molecule has 1 N–H and O–H groups in total. The molecular formula is C21H20N6O3. The SMILES string of the molecule is O=C(CCn1cnc2ccccc2c1=O)Nc1ccc(N2CCCC2)c2nonc12. The summed E-state index contributed by atoms with van der Waals surface area (Å²) in [6, 6.07) is 10.9. The molecule has 0 aliphatic carbocycles. The Bertz CT molecular complexity index is 1290. The molecule has 0 atom stereocenters. The van der Waals surface area contributed by atoms with Crippen molar-refractivity contribution in [3.05, 3.63) is 53.1 Å². The lowest BCUT2D eigenvalue weighted by Gasteiger charge is -2.18. The molecule has 30 heavy (non-hydrogen) atoms. The minimum Gasteiger partial charge on any atom is -0.370 e. The van der Waals surface area contributed by atoms with Crippen molar-refractivity contribution in [2.75, 3.05) is 23.3 Å².